The lowest BCUT2D eigenvalue weighted by Gasteiger charge is -2.32. The van der Waals surface area contributed by atoms with Gasteiger partial charge in [0.2, 0.25) is 0 Å². The van der Waals surface area contributed by atoms with Crippen LogP contribution in [0.2, 0.25) is 0 Å². The number of aryl methyl sites for hydroxylation is 1. The number of pyridine rings is 1. The Morgan fingerprint density at radius 1 is 1.25 bits per heavy atom. The van der Waals surface area contributed by atoms with Crippen molar-refractivity contribution in [2.24, 2.45) is 5.10 Å². The lowest BCUT2D eigenvalue weighted by molar-refractivity contribution is 0.0752. The van der Waals surface area contributed by atoms with E-state index >= 15 is 0 Å². The van der Waals surface area contributed by atoms with E-state index in [-0.39, 0.29) is 23.6 Å². The van der Waals surface area contributed by atoms with Crippen molar-refractivity contribution >= 4 is 29.2 Å². The van der Waals surface area contributed by atoms with Gasteiger partial charge in [0.25, 0.3) is 11.5 Å². The van der Waals surface area contributed by atoms with Crippen LogP contribution in [0.25, 0.3) is 10.9 Å². The maximum Gasteiger partial charge on any atom is 0.254 e. The average molecular weight is 441 g/mol. The van der Waals surface area contributed by atoms with Crippen LogP contribution >= 0.6 is 0 Å². The van der Waals surface area contributed by atoms with Crippen LogP contribution in [-0.2, 0) is 11.2 Å². The molecular formula is C24H32N4O4. The molecule has 2 saturated heterocycles. The van der Waals surface area contributed by atoms with Gasteiger partial charge in [0.1, 0.15) is 0 Å². The summed E-state index contributed by atoms with van der Waals surface area (Å²) in [5.74, 6) is -0.0285. The molecule has 2 fully saturated rings. The highest BCUT2D eigenvalue weighted by Crippen LogP contribution is 2.31. The van der Waals surface area contributed by atoms with Gasteiger partial charge >= 0.3 is 0 Å². The number of fused-ring (bicyclic) bond motifs is 1. The molecule has 1 unspecified atom stereocenters. The molecule has 0 spiro atoms. The molecule has 2 N–H and O–H groups in total. The van der Waals surface area contributed by atoms with E-state index in [1.54, 1.807) is 0 Å². The van der Waals surface area contributed by atoms with E-state index in [1.165, 1.54) is 6.07 Å². The number of anilines is 1. The number of carbonyl (C=O) groups is 1. The van der Waals surface area contributed by atoms with Crippen molar-refractivity contribution in [3.05, 3.63) is 39.7 Å². The number of H-pyrrole nitrogens is 1. The van der Waals surface area contributed by atoms with Crippen LogP contribution in [0.1, 0.15) is 54.9 Å². The molecular weight excluding hydrogens is 408 g/mol. The number of aromatic amines is 1. The molecule has 8 nitrogen and oxygen atoms in total. The standard InChI is InChI=1S/C24H32N4O4/c1-3-16-13-21-20(14-19(16)24(31)27-9-4-5-18(29)6-10-27)22(15-23(30)26-21)28(25-2)17-7-11-32-12-8-17/h13-15,17-18,29H,2-12H2,1H3,(H,26,30). The van der Waals surface area contributed by atoms with Gasteiger partial charge < -0.3 is 19.7 Å². The maximum atomic E-state index is 13.5. The van der Waals surface area contributed by atoms with Crippen molar-refractivity contribution in [1.82, 2.24) is 9.88 Å². The van der Waals surface area contributed by atoms with Crippen LogP contribution in [0.15, 0.2) is 28.1 Å². The first kappa shape index (κ1) is 22.5. The van der Waals surface area contributed by atoms with Crippen molar-refractivity contribution in [2.75, 3.05) is 31.3 Å². The van der Waals surface area contributed by atoms with Crippen LogP contribution < -0.4 is 10.6 Å². The smallest absolute Gasteiger partial charge is 0.254 e. The summed E-state index contributed by atoms with van der Waals surface area (Å²) < 4.78 is 5.48. The highest BCUT2D eigenvalue weighted by atomic mass is 16.5. The number of hydrogen-bond acceptors (Lipinski definition) is 6. The Balaban J connectivity index is 1.79. The molecule has 0 saturated carbocycles. The molecule has 0 aliphatic carbocycles. The molecule has 3 heterocycles. The molecule has 0 radical (unpaired) electrons. The van der Waals surface area contributed by atoms with E-state index in [9.17, 15) is 14.7 Å². The SMILES string of the molecule is C=NN(c1cc(=O)[nH]c2cc(CC)c(C(=O)N3CCCC(O)CC3)cc12)C1CCOCC1. The van der Waals surface area contributed by atoms with Crippen molar-refractivity contribution < 1.29 is 14.6 Å². The van der Waals surface area contributed by atoms with Gasteiger partial charge in [-0.2, -0.15) is 5.10 Å². The van der Waals surface area contributed by atoms with Gasteiger partial charge in [0.05, 0.1) is 23.3 Å². The number of likely N-dealkylation sites (tertiary alicyclic amines) is 1. The van der Waals surface area contributed by atoms with Crippen LogP contribution in [-0.4, -0.2) is 66.1 Å². The second-order valence-electron chi connectivity index (χ2n) is 8.63. The summed E-state index contributed by atoms with van der Waals surface area (Å²) in [6.45, 7) is 8.22. The van der Waals surface area contributed by atoms with Gasteiger partial charge in [0.15, 0.2) is 0 Å². The van der Waals surface area contributed by atoms with Gasteiger partial charge in [0, 0.05) is 50.0 Å². The number of aromatic nitrogens is 1. The zero-order valence-corrected chi connectivity index (χ0v) is 18.7. The molecule has 0 bridgehead atoms. The zero-order chi connectivity index (χ0) is 22.7. The number of rotatable bonds is 5. The molecule has 172 valence electrons. The second kappa shape index (κ2) is 9.83. The molecule has 1 atom stereocenters. The fourth-order valence-corrected chi connectivity index (χ4v) is 4.78. The fraction of sp³-hybridized carbons (Fsp3) is 0.542. The minimum atomic E-state index is -0.349. The molecule has 1 amide bonds. The number of nitrogens with one attached hydrogen (secondary N) is 1. The highest BCUT2D eigenvalue weighted by molar-refractivity contribution is 6.02. The number of nitrogens with zero attached hydrogens (tertiary/aromatic N) is 3. The highest BCUT2D eigenvalue weighted by Gasteiger charge is 2.26. The minimum Gasteiger partial charge on any atom is -0.393 e. The summed E-state index contributed by atoms with van der Waals surface area (Å²) in [6, 6.07) is 5.42. The first-order chi connectivity index (χ1) is 15.5. The van der Waals surface area contributed by atoms with E-state index < -0.39 is 0 Å². The second-order valence-corrected chi connectivity index (χ2v) is 8.63. The van der Waals surface area contributed by atoms with Gasteiger partial charge in [-0.1, -0.05) is 6.92 Å². The predicted octanol–water partition coefficient (Wildman–Crippen LogP) is 2.68. The molecule has 1 aromatic carbocycles. The van der Waals surface area contributed by atoms with Crippen molar-refractivity contribution in [1.29, 1.82) is 0 Å². The Kier molecular flexibility index (Phi) is 6.91. The first-order valence-corrected chi connectivity index (χ1v) is 11.5. The lowest BCUT2D eigenvalue weighted by Crippen LogP contribution is -2.36. The Labute approximate surface area is 187 Å². The number of benzene rings is 1. The third kappa shape index (κ3) is 4.56. The maximum absolute atomic E-state index is 13.5. The van der Waals surface area contributed by atoms with E-state index in [0.717, 1.165) is 36.6 Å². The Bertz CT molecular complexity index is 1040. The van der Waals surface area contributed by atoms with E-state index in [2.05, 4.69) is 16.8 Å². The molecule has 2 aliphatic rings. The molecule has 2 aromatic rings. The number of hydrogen-bond donors (Lipinski definition) is 2. The largest absolute Gasteiger partial charge is 0.393 e. The number of amides is 1. The average Bonchev–Trinajstić information content (AvgIpc) is 3.03. The minimum absolute atomic E-state index is 0.0285. The molecule has 8 heteroatoms. The Hall–Kier alpha value is -2.71. The predicted molar refractivity (Wildman–Crippen MR) is 126 cm³/mol. The van der Waals surface area contributed by atoms with Crippen molar-refractivity contribution in [3.8, 4) is 0 Å². The number of hydrazone groups is 1. The number of aliphatic hydroxyl groups excluding tert-OH is 1. The van der Waals surface area contributed by atoms with Crippen molar-refractivity contribution in [2.45, 2.75) is 57.6 Å². The molecule has 1 aromatic heterocycles. The summed E-state index contributed by atoms with van der Waals surface area (Å²) in [5, 5.41) is 16.8. The summed E-state index contributed by atoms with van der Waals surface area (Å²) >= 11 is 0. The van der Waals surface area contributed by atoms with Gasteiger partial charge in [-0.05, 0) is 56.2 Å². The van der Waals surface area contributed by atoms with Crippen LogP contribution in [0, 0.1) is 0 Å². The summed E-state index contributed by atoms with van der Waals surface area (Å²) in [5.41, 5.74) is 2.67. The topological polar surface area (TPSA) is 98.2 Å². The summed E-state index contributed by atoms with van der Waals surface area (Å²) in [7, 11) is 0. The molecule has 32 heavy (non-hydrogen) atoms. The van der Waals surface area contributed by atoms with E-state index in [0.29, 0.717) is 55.9 Å². The van der Waals surface area contributed by atoms with Gasteiger partial charge in [-0.3, -0.25) is 14.6 Å². The van der Waals surface area contributed by atoms with Gasteiger partial charge in [-0.25, -0.2) is 0 Å². The molecule has 2 aliphatic heterocycles. The third-order valence-electron chi connectivity index (χ3n) is 6.58. The Morgan fingerprint density at radius 3 is 2.75 bits per heavy atom. The summed E-state index contributed by atoms with van der Waals surface area (Å²) in [4.78, 5) is 30.7. The van der Waals surface area contributed by atoms with Crippen LogP contribution in [0.4, 0.5) is 5.69 Å². The fourth-order valence-electron chi connectivity index (χ4n) is 4.78. The third-order valence-corrected chi connectivity index (χ3v) is 6.58. The normalized spacial score (nSPS) is 20.2. The monoisotopic (exact) mass is 440 g/mol. The quantitative estimate of drug-likeness (QED) is 0.550. The molecule has 4 rings (SSSR count). The van der Waals surface area contributed by atoms with E-state index in [1.807, 2.05) is 29.0 Å². The van der Waals surface area contributed by atoms with Gasteiger partial charge in [-0.15, -0.1) is 0 Å². The summed E-state index contributed by atoms with van der Waals surface area (Å²) in [6.07, 6.45) is 4.01. The lowest BCUT2D eigenvalue weighted by atomic mass is 9.99. The Morgan fingerprint density at radius 2 is 2.03 bits per heavy atom. The first-order valence-electron chi connectivity index (χ1n) is 11.5. The van der Waals surface area contributed by atoms with Crippen molar-refractivity contribution in [3.63, 3.8) is 0 Å². The van der Waals surface area contributed by atoms with Crippen LogP contribution in [0.5, 0.6) is 0 Å². The van der Waals surface area contributed by atoms with Crippen LogP contribution in [0.3, 0.4) is 0 Å². The van der Waals surface area contributed by atoms with E-state index in [4.69, 9.17) is 4.74 Å². The zero-order valence-electron chi connectivity index (χ0n) is 18.7. The number of carbonyl (C=O) groups excluding carboxylic acids is 1. The number of aliphatic hydroxyl groups is 1. The number of ether oxygens (including phenoxy) is 1.